The largest absolute Gasteiger partial charge is 0.377 e. The van der Waals surface area contributed by atoms with Crippen LogP contribution in [0.2, 0.25) is 0 Å². The van der Waals surface area contributed by atoms with Crippen molar-refractivity contribution in [3.8, 4) is 11.1 Å². The number of nitrogens with one attached hydrogen (secondary N) is 1. The van der Waals surface area contributed by atoms with Gasteiger partial charge in [0.15, 0.2) is 5.82 Å². The van der Waals surface area contributed by atoms with Crippen LogP contribution in [0.3, 0.4) is 0 Å². The van der Waals surface area contributed by atoms with Crippen molar-refractivity contribution in [1.29, 1.82) is 0 Å². The number of nitrogens with zero attached hydrogens (tertiary/aromatic N) is 4. The molecule has 1 saturated heterocycles. The molecule has 47 heavy (non-hydrogen) atoms. The molecule has 0 saturated carbocycles. The van der Waals surface area contributed by atoms with E-state index in [9.17, 15) is 9.59 Å². The molecule has 0 bridgehead atoms. The Morgan fingerprint density at radius 1 is 1.11 bits per heavy atom. The predicted molar refractivity (Wildman–Crippen MR) is 188 cm³/mol. The second-order valence-electron chi connectivity index (χ2n) is 13.1. The number of hydrogen-bond donors (Lipinski definition) is 1. The van der Waals surface area contributed by atoms with Crippen molar-refractivity contribution in [1.82, 2.24) is 15.0 Å². The number of rotatable bonds is 14. The van der Waals surface area contributed by atoms with Gasteiger partial charge < -0.3 is 18.9 Å². The first-order chi connectivity index (χ1) is 22.7. The van der Waals surface area contributed by atoms with Crippen LogP contribution < -0.4 is 4.72 Å². The van der Waals surface area contributed by atoms with Crippen LogP contribution in [0.1, 0.15) is 88.7 Å². The van der Waals surface area contributed by atoms with Gasteiger partial charge in [-0.25, -0.2) is 0 Å². The van der Waals surface area contributed by atoms with Gasteiger partial charge >= 0.3 is 0 Å². The molecule has 2 aliphatic rings. The number of aryl methyl sites for hydroxylation is 1. The number of benzene rings is 2. The van der Waals surface area contributed by atoms with Crippen molar-refractivity contribution in [2.45, 2.75) is 104 Å². The molecule has 0 aliphatic carbocycles. The van der Waals surface area contributed by atoms with E-state index in [0.29, 0.717) is 63.8 Å². The highest BCUT2D eigenvalue weighted by molar-refractivity contribution is 8.00. The molecule has 5 rings (SSSR count). The fraction of sp³-hybridized carbons (Fsp3) is 0.514. The number of carbonyl (C=O) groups excluding carboxylic acids is 2. The van der Waals surface area contributed by atoms with Crippen molar-refractivity contribution >= 4 is 35.4 Å². The zero-order valence-electron chi connectivity index (χ0n) is 28.7. The molecule has 0 unspecified atom stereocenters. The Bertz CT molecular complexity index is 1590. The maximum atomic E-state index is 14.2. The van der Waals surface area contributed by atoms with Crippen LogP contribution in [-0.2, 0) is 27.5 Å². The number of amides is 2. The summed E-state index contributed by atoms with van der Waals surface area (Å²) in [6, 6.07) is 14.7. The molecule has 2 amide bonds. The third-order valence-corrected chi connectivity index (χ3v) is 10.0. The van der Waals surface area contributed by atoms with Gasteiger partial charge in [-0.3, -0.25) is 19.5 Å². The monoisotopic (exact) mass is 659 g/mol. The second-order valence-corrected chi connectivity index (χ2v) is 13.9. The molecule has 2 aromatic carbocycles. The van der Waals surface area contributed by atoms with Gasteiger partial charge in [-0.05, 0) is 86.2 Å². The van der Waals surface area contributed by atoms with Crippen molar-refractivity contribution in [2.24, 2.45) is 10.9 Å². The third-order valence-electron chi connectivity index (χ3n) is 9.14. The summed E-state index contributed by atoms with van der Waals surface area (Å²) in [6.45, 7) is 14.9. The number of likely N-dealkylation sites (tertiary alicyclic amines) is 1. The second kappa shape index (κ2) is 15.5. The van der Waals surface area contributed by atoms with E-state index in [-0.39, 0.29) is 11.8 Å². The molecule has 1 spiro atoms. The first-order valence-corrected chi connectivity index (χ1v) is 17.8. The lowest BCUT2D eigenvalue weighted by atomic mass is 9.87. The Hall–Kier alpha value is -3.63. The molecule has 3 aromatic rings. The molecule has 1 N–H and O–H groups in total. The summed E-state index contributed by atoms with van der Waals surface area (Å²) in [5.74, 6) is 2.95. The van der Waals surface area contributed by atoms with E-state index in [1.807, 2.05) is 42.7 Å². The standard InChI is InChI=1S/C37H49N5O4S/c1-7-9-14-33-38-37(17-19-41(20-18-37)34(43)21-25(3)4)36(44)42(33)23-28-15-16-30(29(22-28)24-45-8-2)31-12-10-11-13-32(31)47-40-35-26(5)27(6)46-39-35/h10-13,15-16,22,25H,7-9,14,17-21,23-24H2,1-6H3,(H,39,40). The van der Waals surface area contributed by atoms with Gasteiger partial charge in [0.1, 0.15) is 17.1 Å². The Morgan fingerprint density at radius 2 is 1.87 bits per heavy atom. The first-order valence-electron chi connectivity index (χ1n) is 17.0. The van der Waals surface area contributed by atoms with Gasteiger partial charge in [0.2, 0.25) is 5.91 Å². The molecule has 10 heteroatoms. The summed E-state index contributed by atoms with van der Waals surface area (Å²) in [7, 11) is 0. The Balaban J connectivity index is 1.38. The van der Waals surface area contributed by atoms with Crippen LogP contribution in [-0.4, -0.2) is 57.8 Å². The number of ether oxygens (including phenoxy) is 1. The molecule has 0 radical (unpaired) electrons. The number of unbranched alkanes of at least 4 members (excludes halogenated alkanes) is 1. The van der Waals surface area contributed by atoms with E-state index >= 15 is 0 Å². The molecule has 9 nitrogen and oxygen atoms in total. The van der Waals surface area contributed by atoms with Gasteiger partial charge in [0, 0.05) is 43.0 Å². The zero-order chi connectivity index (χ0) is 33.6. The zero-order valence-corrected chi connectivity index (χ0v) is 29.5. The van der Waals surface area contributed by atoms with Crippen molar-refractivity contribution in [3.63, 3.8) is 0 Å². The summed E-state index contributed by atoms with van der Waals surface area (Å²) in [6.07, 6.45) is 4.46. The summed E-state index contributed by atoms with van der Waals surface area (Å²) < 4.78 is 14.6. The molecule has 1 fully saturated rings. The van der Waals surface area contributed by atoms with Crippen LogP contribution in [0.25, 0.3) is 11.1 Å². The van der Waals surface area contributed by atoms with Crippen molar-refractivity contribution in [3.05, 3.63) is 64.9 Å². The van der Waals surface area contributed by atoms with Gasteiger partial charge in [0.05, 0.1) is 13.2 Å². The quantitative estimate of drug-likeness (QED) is 0.175. The molecular formula is C37H49N5O4S. The summed E-state index contributed by atoms with van der Waals surface area (Å²) in [5, 5.41) is 4.15. The number of piperidine rings is 1. The van der Waals surface area contributed by atoms with Gasteiger partial charge in [-0.15, -0.1) is 0 Å². The summed E-state index contributed by atoms with van der Waals surface area (Å²) >= 11 is 1.50. The Kier molecular flexibility index (Phi) is 11.5. The lowest BCUT2D eigenvalue weighted by Gasteiger charge is -2.36. The van der Waals surface area contributed by atoms with Crippen molar-refractivity contribution in [2.75, 3.05) is 24.4 Å². The fourth-order valence-electron chi connectivity index (χ4n) is 6.26. The summed E-state index contributed by atoms with van der Waals surface area (Å²) in [5.41, 5.74) is 4.50. The Morgan fingerprint density at radius 3 is 2.55 bits per heavy atom. The highest BCUT2D eigenvalue weighted by atomic mass is 32.2. The maximum Gasteiger partial charge on any atom is 0.256 e. The molecule has 252 valence electrons. The van der Waals surface area contributed by atoms with E-state index in [1.165, 1.54) is 11.9 Å². The molecule has 2 aliphatic heterocycles. The van der Waals surface area contributed by atoms with E-state index in [0.717, 1.165) is 63.6 Å². The average Bonchev–Trinajstić information content (AvgIpc) is 3.51. The summed E-state index contributed by atoms with van der Waals surface area (Å²) in [4.78, 5) is 37.0. The van der Waals surface area contributed by atoms with Gasteiger partial charge in [-0.1, -0.05) is 68.7 Å². The lowest BCUT2D eigenvalue weighted by Crippen LogP contribution is -2.51. The number of hydrogen-bond acceptors (Lipinski definition) is 8. The number of amidine groups is 1. The minimum absolute atomic E-state index is 0.0706. The molecule has 3 heterocycles. The maximum absolute atomic E-state index is 14.2. The van der Waals surface area contributed by atoms with Crippen LogP contribution in [0.15, 0.2) is 56.9 Å². The average molecular weight is 660 g/mol. The Labute approximate surface area is 283 Å². The van der Waals surface area contributed by atoms with Crippen LogP contribution >= 0.6 is 11.9 Å². The molecular weight excluding hydrogens is 611 g/mol. The normalized spacial score (nSPS) is 16.0. The van der Waals surface area contributed by atoms with Gasteiger partial charge in [-0.2, -0.15) is 0 Å². The number of carbonyl (C=O) groups is 2. The van der Waals surface area contributed by atoms with Crippen molar-refractivity contribution < 1.29 is 18.8 Å². The third kappa shape index (κ3) is 7.92. The van der Waals surface area contributed by atoms with E-state index in [1.54, 1.807) is 0 Å². The molecule has 1 aromatic heterocycles. The molecule has 0 atom stereocenters. The van der Waals surface area contributed by atoms with Crippen LogP contribution in [0.5, 0.6) is 0 Å². The van der Waals surface area contributed by atoms with E-state index in [2.05, 4.69) is 61.0 Å². The first kappa shape index (κ1) is 34.7. The van der Waals surface area contributed by atoms with Gasteiger partial charge in [0.25, 0.3) is 5.91 Å². The highest BCUT2D eigenvalue weighted by Crippen LogP contribution is 2.38. The van der Waals surface area contributed by atoms with E-state index < -0.39 is 5.54 Å². The SMILES string of the molecule is CCCCC1=NC2(CCN(C(=O)CC(C)C)CC2)C(=O)N1Cc1ccc(-c2ccccc2SNc2noc(C)c2C)c(COCC)c1. The predicted octanol–water partition coefficient (Wildman–Crippen LogP) is 7.95. The number of aromatic nitrogens is 1. The van der Waals surface area contributed by atoms with Crippen LogP contribution in [0.4, 0.5) is 5.82 Å². The minimum atomic E-state index is -0.768. The lowest BCUT2D eigenvalue weighted by molar-refractivity contribution is -0.139. The minimum Gasteiger partial charge on any atom is -0.377 e. The number of anilines is 1. The fourth-order valence-corrected chi connectivity index (χ4v) is 7.09. The number of aliphatic imine (C=N–C) groups is 1. The topological polar surface area (TPSA) is 100 Å². The van der Waals surface area contributed by atoms with E-state index in [4.69, 9.17) is 14.3 Å². The highest BCUT2D eigenvalue weighted by Gasteiger charge is 2.49. The van der Waals surface area contributed by atoms with Crippen LogP contribution in [0, 0.1) is 19.8 Å². The smallest absolute Gasteiger partial charge is 0.256 e.